The van der Waals surface area contributed by atoms with E-state index in [1.54, 1.807) is 10.9 Å². The Balaban J connectivity index is 2.74. The Labute approximate surface area is 70.2 Å². The Morgan fingerprint density at radius 2 is 2.50 bits per heavy atom. The smallest absolute Gasteiger partial charge is 0.173 e. The molecule has 64 valence electrons. The van der Waals surface area contributed by atoms with Crippen molar-refractivity contribution in [2.24, 2.45) is 0 Å². The normalized spacial score (nSPS) is 9.75. The van der Waals surface area contributed by atoms with E-state index in [1.807, 2.05) is 6.92 Å². The fraction of sp³-hybridized carbons (Fsp3) is 0.375. The van der Waals surface area contributed by atoms with Crippen molar-refractivity contribution < 1.29 is 9.59 Å². The van der Waals surface area contributed by atoms with Crippen molar-refractivity contribution in [3.63, 3.8) is 0 Å². The maximum atomic E-state index is 11.1. The molecule has 0 spiro atoms. The highest BCUT2D eigenvalue weighted by atomic mass is 16.1. The summed E-state index contributed by atoms with van der Waals surface area (Å²) in [6.45, 7) is 2.66. The molecule has 0 saturated carbocycles. The monoisotopic (exact) mass is 166 g/mol. The molecule has 1 aromatic heterocycles. The van der Waals surface area contributed by atoms with Crippen LogP contribution in [-0.2, 0) is 11.3 Å². The van der Waals surface area contributed by atoms with Crippen molar-refractivity contribution in [2.45, 2.75) is 19.9 Å². The maximum Gasteiger partial charge on any atom is 0.173 e. The van der Waals surface area contributed by atoms with Gasteiger partial charge in [-0.3, -0.25) is 9.48 Å². The summed E-state index contributed by atoms with van der Waals surface area (Å²) >= 11 is 0. The minimum absolute atomic E-state index is 0.0601. The molecule has 0 N–H and O–H groups in total. The third-order valence-electron chi connectivity index (χ3n) is 1.55. The van der Waals surface area contributed by atoms with Gasteiger partial charge in [0.1, 0.15) is 6.29 Å². The minimum atomic E-state index is -0.176. The van der Waals surface area contributed by atoms with Crippen LogP contribution in [0.3, 0.4) is 0 Å². The third kappa shape index (κ3) is 1.78. The van der Waals surface area contributed by atoms with Gasteiger partial charge in [0.25, 0.3) is 0 Å². The van der Waals surface area contributed by atoms with Crippen molar-refractivity contribution in [3.8, 4) is 0 Å². The Bertz CT molecular complexity index is 291. The van der Waals surface area contributed by atoms with E-state index in [1.165, 1.54) is 6.20 Å². The number of Topliss-reactive ketones (excluding diaryl/α,β-unsaturated/α-hetero) is 1. The quantitative estimate of drug-likeness (QED) is 0.375. The molecule has 0 unspecified atom stereocenters. The first kappa shape index (κ1) is 8.64. The zero-order valence-electron chi connectivity index (χ0n) is 6.86. The van der Waals surface area contributed by atoms with Crippen molar-refractivity contribution >= 4 is 12.1 Å². The van der Waals surface area contributed by atoms with Gasteiger partial charge < -0.3 is 4.79 Å². The average Bonchev–Trinajstić information content (AvgIpc) is 2.52. The predicted molar refractivity (Wildman–Crippen MR) is 42.9 cm³/mol. The highest BCUT2D eigenvalue weighted by molar-refractivity contribution is 6.02. The molecule has 1 heterocycles. The molecular formula is C8H10N2O2. The molecule has 0 bridgehead atoms. The van der Waals surface area contributed by atoms with Crippen molar-refractivity contribution in [1.82, 2.24) is 9.78 Å². The number of aldehydes is 1. The molecule has 0 aromatic carbocycles. The number of nitrogens with zero attached hydrogens (tertiary/aromatic N) is 2. The van der Waals surface area contributed by atoms with E-state index in [2.05, 4.69) is 5.10 Å². The zero-order chi connectivity index (χ0) is 8.97. The number of hydrogen-bond donors (Lipinski definition) is 0. The molecule has 0 aliphatic heterocycles. The van der Waals surface area contributed by atoms with Crippen molar-refractivity contribution in [3.05, 3.63) is 18.0 Å². The highest BCUT2D eigenvalue weighted by Gasteiger charge is 2.06. The lowest BCUT2D eigenvalue weighted by atomic mass is 10.2. The Kier molecular flexibility index (Phi) is 2.74. The molecule has 0 saturated heterocycles. The topological polar surface area (TPSA) is 52.0 Å². The second-order valence-corrected chi connectivity index (χ2v) is 2.38. The Morgan fingerprint density at radius 3 is 3.00 bits per heavy atom. The average molecular weight is 166 g/mol. The van der Waals surface area contributed by atoms with Crippen LogP contribution in [0.15, 0.2) is 12.4 Å². The van der Waals surface area contributed by atoms with Crippen LogP contribution >= 0.6 is 0 Å². The SMILES string of the molecule is CCn1cc(C(=O)CC=O)cn1. The summed E-state index contributed by atoms with van der Waals surface area (Å²) in [5.74, 6) is -0.176. The number of carbonyl (C=O) groups is 2. The molecule has 0 amide bonds. The summed E-state index contributed by atoms with van der Waals surface area (Å²) in [4.78, 5) is 21.1. The number of rotatable bonds is 4. The Hall–Kier alpha value is -1.45. The second kappa shape index (κ2) is 3.80. The first-order valence-corrected chi connectivity index (χ1v) is 3.77. The summed E-state index contributed by atoms with van der Waals surface area (Å²) in [7, 11) is 0. The number of hydrogen-bond acceptors (Lipinski definition) is 3. The standard InChI is InChI=1S/C8H10N2O2/c1-2-10-6-7(5-9-10)8(12)3-4-11/h4-6H,2-3H2,1H3. The van der Waals surface area contributed by atoms with Crippen LogP contribution in [0.25, 0.3) is 0 Å². The molecule has 0 radical (unpaired) electrons. The van der Waals surface area contributed by atoms with Gasteiger partial charge in [0.05, 0.1) is 18.2 Å². The highest BCUT2D eigenvalue weighted by Crippen LogP contribution is 2.00. The molecule has 12 heavy (non-hydrogen) atoms. The van der Waals surface area contributed by atoms with Crippen LogP contribution in [0.4, 0.5) is 0 Å². The number of ketones is 1. The number of carbonyl (C=O) groups excluding carboxylic acids is 2. The van der Waals surface area contributed by atoms with Gasteiger partial charge in [-0.15, -0.1) is 0 Å². The van der Waals surface area contributed by atoms with E-state index in [9.17, 15) is 9.59 Å². The van der Waals surface area contributed by atoms with E-state index in [0.29, 0.717) is 11.8 Å². The van der Waals surface area contributed by atoms with Gasteiger partial charge in [0.15, 0.2) is 5.78 Å². The molecule has 0 aliphatic carbocycles. The van der Waals surface area contributed by atoms with Crippen LogP contribution in [0.5, 0.6) is 0 Å². The van der Waals surface area contributed by atoms with Gasteiger partial charge >= 0.3 is 0 Å². The summed E-state index contributed by atoms with van der Waals surface area (Å²) in [5, 5.41) is 3.92. The minimum Gasteiger partial charge on any atom is -0.303 e. The summed E-state index contributed by atoms with van der Waals surface area (Å²) in [6, 6.07) is 0. The molecule has 0 atom stereocenters. The summed E-state index contributed by atoms with van der Waals surface area (Å²) < 4.78 is 1.65. The van der Waals surface area contributed by atoms with E-state index in [-0.39, 0.29) is 12.2 Å². The van der Waals surface area contributed by atoms with Crippen LogP contribution in [-0.4, -0.2) is 21.8 Å². The lowest BCUT2D eigenvalue weighted by molar-refractivity contribution is -0.107. The van der Waals surface area contributed by atoms with Crippen LogP contribution in [0.1, 0.15) is 23.7 Å². The van der Waals surface area contributed by atoms with Gasteiger partial charge in [0.2, 0.25) is 0 Å². The van der Waals surface area contributed by atoms with Crippen LogP contribution in [0, 0.1) is 0 Å². The van der Waals surface area contributed by atoms with E-state index in [4.69, 9.17) is 0 Å². The molecule has 0 fully saturated rings. The summed E-state index contributed by atoms with van der Waals surface area (Å²) in [5.41, 5.74) is 0.504. The Morgan fingerprint density at radius 1 is 1.75 bits per heavy atom. The first-order chi connectivity index (χ1) is 5.77. The van der Waals surface area contributed by atoms with E-state index >= 15 is 0 Å². The summed E-state index contributed by atoms with van der Waals surface area (Å²) in [6.07, 6.45) is 3.67. The lowest BCUT2D eigenvalue weighted by Gasteiger charge is -1.90. The van der Waals surface area contributed by atoms with Gasteiger partial charge in [-0.1, -0.05) is 0 Å². The molecule has 4 heteroatoms. The molecule has 4 nitrogen and oxygen atoms in total. The predicted octanol–water partition coefficient (Wildman–Crippen LogP) is 0.675. The fourth-order valence-corrected chi connectivity index (χ4v) is 0.874. The first-order valence-electron chi connectivity index (χ1n) is 3.77. The molecule has 1 rings (SSSR count). The van der Waals surface area contributed by atoms with E-state index in [0.717, 1.165) is 6.54 Å². The van der Waals surface area contributed by atoms with E-state index < -0.39 is 0 Å². The van der Waals surface area contributed by atoms with Gasteiger partial charge in [-0.25, -0.2) is 0 Å². The zero-order valence-corrected chi connectivity index (χ0v) is 6.86. The number of aryl methyl sites for hydroxylation is 1. The third-order valence-corrected chi connectivity index (χ3v) is 1.55. The number of aromatic nitrogens is 2. The van der Waals surface area contributed by atoms with Crippen LogP contribution in [0.2, 0.25) is 0 Å². The van der Waals surface area contributed by atoms with Crippen molar-refractivity contribution in [1.29, 1.82) is 0 Å². The van der Waals surface area contributed by atoms with Gasteiger partial charge in [-0.05, 0) is 6.92 Å². The van der Waals surface area contributed by atoms with Crippen molar-refractivity contribution in [2.75, 3.05) is 0 Å². The maximum absolute atomic E-state index is 11.1. The lowest BCUT2D eigenvalue weighted by Crippen LogP contribution is -1.98. The van der Waals surface area contributed by atoms with Crippen LogP contribution < -0.4 is 0 Å². The van der Waals surface area contributed by atoms with Gasteiger partial charge in [0, 0.05) is 12.7 Å². The fourth-order valence-electron chi connectivity index (χ4n) is 0.874. The largest absolute Gasteiger partial charge is 0.303 e. The molecule has 0 aliphatic rings. The van der Waals surface area contributed by atoms with Gasteiger partial charge in [-0.2, -0.15) is 5.10 Å². The molecule has 1 aromatic rings. The second-order valence-electron chi connectivity index (χ2n) is 2.38. The molecular weight excluding hydrogens is 156 g/mol.